The lowest BCUT2D eigenvalue weighted by atomic mass is 9.51. The molecule has 2 aliphatic carbocycles. The highest BCUT2D eigenvalue weighted by Gasteiger charge is 2.83. The van der Waals surface area contributed by atoms with Gasteiger partial charge < -0.3 is 55.0 Å². The van der Waals surface area contributed by atoms with Crippen molar-refractivity contribution in [3.63, 3.8) is 0 Å². The largest absolute Gasteiger partial charge is 0.463 e. The molecule has 2 saturated heterocycles. The van der Waals surface area contributed by atoms with Gasteiger partial charge in [0.25, 0.3) is 11.8 Å². The predicted molar refractivity (Wildman–Crippen MR) is 263 cm³/mol. The second kappa shape index (κ2) is 25.0. The third kappa shape index (κ3) is 13.4. The zero-order valence-electron chi connectivity index (χ0n) is 42.4. The van der Waals surface area contributed by atoms with Gasteiger partial charge in [0.2, 0.25) is 29.5 Å². The van der Waals surface area contributed by atoms with Gasteiger partial charge in [0.05, 0.1) is 50.5 Å². The number of amides is 7. The van der Waals surface area contributed by atoms with Crippen molar-refractivity contribution >= 4 is 59.3 Å². The second-order valence-corrected chi connectivity index (χ2v) is 19.9. The number of hydrogen-bond donors (Lipinski definition) is 5. The van der Waals surface area contributed by atoms with E-state index in [0.29, 0.717) is 50.7 Å². The Morgan fingerprint density at radius 2 is 1.47 bits per heavy atom. The Bertz CT molecular complexity index is 2470. The summed E-state index contributed by atoms with van der Waals surface area (Å²) in [7, 11) is 0. The zero-order chi connectivity index (χ0) is 53.8. The smallest absolute Gasteiger partial charge is 0.335 e. The first-order valence-electron chi connectivity index (χ1n) is 25.4. The van der Waals surface area contributed by atoms with Gasteiger partial charge in [-0.15, -0.1) is 0 Å². The van der Waals surface area contributed by atoms with E-state index in [1.165, 1.54) is 30.4 Å². The lowest BCUT2D eigenvalue weighted by Gasteiger charge is -2.58. The molecule has 1 saturated carbocycles. The summed E-state index contributed by atoms with van der Waals surface area (Å²) in [6.07, 6.45) is 10.2. The van der Waals surface area contributed by atoms with Crippen LogP contribution in [0.25, 0.3) is 0 Å². The highest BCUT2D eigenvalue weighted by Crippen LogP contribution is 2.72. The predicted octanol–water partition coefficient (Wildman–Crippen LogP) is 0.830. The Morgan fingerprint density at radius 3 is 2.20 bits per heavy atom. The number of allylic oxidation sites excluding steroid dienone is 3. The average Bonchev–Trinajstić information content (AvgIpc) is 4.12. The Kier molecular flexibility index (Phi) is 18.6. The fourth-order valence-corrected chi connectivity index (χ4v) is 10.6. The van der Waals surface area contributed by atoms with Gasteiger partial charge in [0.15, 0.2) is 6.10 Å². The molecule has 4 aliphatic heterocycles. The molecule has 7 rings (SSSR count). The summed E-state index contributed by atoms with van der Waals surface area (Å²) >= 11 is 0. The van der Waals surface area contributed by atoms with Gasteiger partial charge in [0, 0.05) is 55.5 Å². The molecule has 6 aliphatic rings. The van der Waals surface area contributed by atoms with Crippen LogP contribution >= 0.6 is 0 Å². The summed E-state index contributed by atoms with van der Waals surface area (Å²) < 4.78 is 36.6. The molecule has 3 fully saturated rings. The maximum Gasteiger partial charge on any atom is 0.335 e. The van der Waals surface area contributed by atoms with Crippen molar-refractivity contribution in [3.8, 4) is 0 Å². The van der Waals surface area contributed by atoms with E-state index >= 15 is 0 Å². The molecule has 2 bridgehead atoms. The van der Waals surface area contributed by atoms with Crippen LogP contribution in [0.1, 0.15) is 77.7 Å². The topological polar surface area (TPSA) is 293 Å². The zero-order valence-corrected chi connectivity index (χ0v) is 42.4. The second-order valence-electron chi connectivity index (χ2n) is 19.9. The Balaban J connectivity index is 0.909. The number of carbonyl (C=O) groups excluding carboxylic acids is 10. The molecular formula is C53H66N6O16. The van der Waals surface area contributed by atoms with E-state index in [1.807, 2.05) is 19.9 Å². The number of rotatable bonds is 19. The molecule has 4 heterocycles. The third-order valence-electron chi connectivity index (χ3n) is 15.1. The number of benzene rings is 1. The number of carbonyl (C=O) groups is 10. The van der Waals surface area contributed by atoms with Gasteiger partial charge in [-0.05, 0) is 50.5 Å². The lowest BCUT2D eigenvalue weighted by Crippen LogP contribution is -2.67. The van der Waals surface area contributed by atoms with Crippen molar-refractivity contribution < 1.29 is 76.4 Å². The van der Waals surface area contributed by atoms with Crippen molar-refractivity contribution in [2.75, 3.05) is 52.7 Å². The number of epoxide rings is 1. The van der Waals surface area contributed by atoms with Crippen LogP contribution in [0.15, 0.2) is 78.4 Å². The molecule has 22 heteroatoms. The monoisotopic (exact) mass is 1040 g/mol. The Morgan fingerprint density at radius 1 is 0.787 bits per heavy atom. The van der Waals surface area contributed by atoms with E-state index < -0.39 is 121 Å². The average molecular weight is 1040 g/mol. The van der Waals surface area contributed by atoms with Crippen molar-refractivity contribution in [1.82, 2.24) is 31.5 Å². The maximum atomic E-state index is 14.3. The van der Waals surface area contributed by atoms with Crippen molar-refractivity contribution in [1.29, 1.82) is 0 Å². The van der Waals surface area contributed by atoms with Crippen LogP contribution in [-0.2, 0) is 82.8 Å². The molecule has 0 aromatic heterocycles. The van der Waals surface area contributed by atoms with Crippen LogP contribution in [0, 0.1) is 16.7 Å². The molecule has 75 heavy (non-hydrogen) atoms. The molecule has 0 radical (unpaired) electrons. The fraction of sp³-hybridized carbons (Fsp3) is 0.547. The highest BCUT2D eigenvalue weighted by molar-refractivity contribution is 6.12. The van der Waals surface area contributed by atoms with E-state index in [0.717, 1.165) is 16.5 Å². The van der Waals surface area contributed by atoms with Crippen LogP contribution in [0.3, 0.4) is 0 Å². The number of cyclic esters (lactones) is 2. The molecule has 3 unspecified atom stereocenters. The molecule has 1 aromatic rings. The maximum absolute atomic E-state index is 14.3. The number of unbranched alkanes of at least 4 members (excludes halogenated alkanes) is 2. The number of nitrogens with zero attached hydrogens (tertiary/aromatic N) is 1. The van der Waals surface area contributed by atoms with Crippen LogP contribution in [0.2, 0.25) is 0 Å². The molecular weight excluding hydrogens is 977 g/mol. The van der Waals surface area contributed by atoms with E-state index in [-0.39, 0.29) is 56.9 Å². The molecule has 22 nitrogen and oxygen atoms in total. The summed E-state index contributed by atoms with van der Waals surface area (Å²) in [6.45, 7) is 4.16. The lowest BCUT2D eigenvalue weighted by molar-refractivity contribution is -0.235. The molecule has 2 spiro atoms. The minimum Gasteiger partial charge on any atom is -0.463 e. The molecule has 404 valence electrons. The Labute approximate surface area is 434 Å². The van der Waals surface area contributed by atoms with Gasteiger partial charge in [-0.3, -0.25) is 38.5 Å². The van der Waals surface area contributed by atoms with Gasteiger partial charge in [-0.1, -0.05) is 74.4 Å². The van der Waals surface area contributed by atoms with E-state index in [1.54, 1.807) is 37.3 Å². The SMILES string of the molecule is CC1=CC2O[C@@H]3C[C@H]4OC(=O)/C=C\C=C\C(=O)OCC[C@@H](C)[C@H](OCNC(=O)CNC(=O)C(Cc5ccccc5)NC(=O)CNC(=O)CNC(=O)CCCCCN5C(=O)C=CC5=O)C(=O)OC[C@@]2(CC1)C4(C)[C@]31CO1. The van der Waals surface area contributed by atoms with Crippen molar-refractivity contribution in [2.24, 2.45) is 16.7 Å². The van der Waals surface area contributed by atoms with Gasteiger partial charge in [-0.25, -0.2) is 14.4 Å². The van der Waals surface area contributed by atoms with E-state index in [4.69, 9.17) is 28.4 Å². The van der Waals surface area contributed by atoms with E-state index in [9.17, 15) is 47.9 Å². The van der Waals surface area contributed by atoms with Gasteiger partial charge in [-0.2, -0.15) is 0 Å². The van der Waals surface area contributed by atoms with Crippen LogP contribution in [0.5, 0.6) is 0 Å². The third-order valence-corrected chi connectivity index (χ3v) is 15.1. The van der Waals surface area contributed by atoms with Crippen LogP contribution in [0.4, 0.5) is 0 Å². The number of ether oxygens (including phenoxy) is 6. The molecule has 5 N–H and O–H groups in total. The summed E-state index contributed by atoms with van der Waals surface area (Å²) in [5.41, 5.74) is -0.691. The van der Waals surface area contributed by atoms with Crippen molar-refractivity contribution in [3.05, 3.63) is 84.0 Å². The first kappa shape index (κ1) is 55.7. The summed E-state index contributed by atoms with van der Waals surface area (Å²) in [6, 6.07) is 7.60. The number of hydrogen-bond acceptors (Lipinski definition) is 16. The minimum absolute atomic E-state index is 0.0304. The van der Waals surface area contributed by atoms with Crippen LogP contribution < -0.4 is 26.6 Å². The first-order valence-corrected chi connectivity index (χ1v) is 25.4. The summed E-state index contributed by atoms with van der Waals surface area (Å²) in [5.74, 6) is -6.58. The van der Waals surface area contributed by atoms with Gasteiger partial charge >= 0.3 is 17.9 Å². The minimum atomic E-state index is -1.27. The summed E-state index contributed by atoms with van der Waals surface area (Å²) in [4.78, 5) is 129. The van der Waals surface area contributed by atoms with Gasteiger partial charge in [0.1, 0.15) is 31.1 Å². The number of esters is 3. The molecule has 9 atom stereocenters. The van der Waals surface area contributed by atoms with E-state index in [2.05, 4.69) is 26.6 Å². The first-order chi connectivity index (χ1) is 35.9. The molecule has 1 aromatic carbocycles. The molecule has 7 amide bonds. The number of imide groups is 1. The quantitative estimate of drug-likeness (QED) is 0.0244. The highest BCUT2D eigenvalue weighted by atomic mass is 16.6. The van der Waals surface area contributed by atoms with Crippen molar-refractivity contribution in [2.45, 2.75) is 115 Å². The normalized spacial score (nSPS) is 29.5. The number of nitrogens with one attached hydrogen (secondary N) is 5. The fourth-order valence-electron chi connectivity index (χ4n) is 10.6. The van der Waals surface area contributed by atoms with Crippen LogP contribution in [-0.4, -0.2) is 153 Å². The standard InChI is InChI=1S/C53H66N6O16/c1-33-19-21-52-30-71-50(69)48(34(2)20-23-70-46(66)15-9-10-16-47(67)75-37-26-39(74-38(52)24-33)53(31-73-53)51(37,52)3)72-32-57-42(62)28-56-49(68)36(25-35-12-6-4-7-13-35)58-43(63)29-55-41(61)27-54-40(60)14-8-5-11-22-59-44(64)17-18-45(59)65/h4,6-7,9-10,12-13,15-18,24,34,36-39,48H,5,8,11,14,19-23,25-32H2,1-3H3,(H,54,60)(H,55,61)(H,56,68)(H,57,62)(H,58,63)/b15-9+,16-10-/t34-,36?,37-,38?,39-,48+,51?,52-,53+/m1/s1. The summed E-state index contributed by atoms with van der Waals surface area (Å²) in [5, 5.41) is 12.5. The Hall–Kier alpha value is -7.04.